The average molecular weight is 248 g/mol. The van der Waals surface area contributed by atoms with Crippen LogP contribution in [-0.2, 0) is 4.79 Å². The predicted molar refractivity (Wildman–Crippen MR) is 67.9 cm³/mol. The van der Waals surface area contributed by atoms with Crippen molar-refractivity contribution in [2.75, 3.05) is 18.5 Å². The molecule has 1 aliphatic heterocycles. The first-order valence-electron chi connectivity index (χ1n) is 5.71. The van der Waals surface area contributed by atoms with E-state index in [1.54, 1.807) is 39.1 Å². The highest BCUT2D eigenvalue weighted by atomic mass is 16.5. The number of amides is 1. The molecule has 0 saturated carbocycles. The molecule has 1 heterocycles. The van der Waals surface area contributed by atoms with Gasteiger partial charge in [0.15, 0.2) is 11.4 Å². The third kappa shape index (κ3) is 1.86. The standard InChI is InChI=1S/C13H16N2O3/c1-13(2)12(17)15(3)9-6-8(10(16)7-14)4-5-11(9)18-13/h4-6H,7,14H2,1-3H3. The fraction of sp³-hybridized carbons (Fsp3) is 0.385. The number of ether oxygens (including phenoxy) is 1. The minimum Gasteiger partial charge on any atom is -0.476 e. The zero-order chi connectivity index (χ0) is 13.5. The summed E-state index contributed by atoms with van der Waals surface area (Å²) in [6, 6.07) is 4.99. The van der Waals surface area contributed by atoms with Gasteiger partial charge in [-0.05, 0) is 32.0 Å². The Morgan fingerprint density at radius 2 is 2.11 bits per heavy atom. The van der Waals surface area contributed by atoms with Crippen molar-refractivity contribution in [1.29, 1.82) is 0 Å². The topological polar surface area (TPSA) is 72.6 Å². The van der Waals surface area contributed by atoms with Gasteiger partial charge in [0, 0.05) is 12.6 Å². The number of hydrogen-bond acceptors (Lipinski definition) is 4. The molecule has 1 aromatic rings. The van der Waals surface area contributed by atoms with Crippen LogP contribution in [-0.4, -0.2) is 30.9 Å². The highest BCUT2D eigenvalue weighted by Crippen LogP contribution is 2.37. The zero-order valence-electron chi connectivity index (χ0n) is 10.7. The van der Waals surface area contributed by atoms with Crippen LogP contribution in [0.2, 0.25) is 0 Å². The Morgan fingerprint density at radius 1 is 1.44 bits per heavy atom. The van der Waals surface area contributed by atoms with Crippen LogP contribution in [0, 0.1) is 0 Å². The molecule has 0 spiro atoms. The lowest BCUT2D eigenvalue weighted by molar-refractivity contribution is -0.132. The molecule has 2 N–H and O–H groups in total. The van der Waals surface area contributed by atoms with Crippen LogP contribution in [0.1, 0.15) is 24.2 Å². The van der Waals surface area contributed by atoms with Gasteiger partial charge in [-0.15, -0.1) is 0 Å². The second-order valence-corrected chi connectivity index (χ2v) is 4.79. The van der Waals surface area contributed by atoms with Gasteiger partial charge in [-0.2, -0.15) is 0 Å². The number of fused-ring (bicyclic) bond motifs is 1. The maximum Gasteiger partial charge on any atom is 0.270 e. The molecule has 0 saturated heterocycles. The summed E-state index contributed by atoms with van der Waals surface area (Å²) in [5, 5.41) is 0. The summed E-state index contributed by atoms with van der Waals surface area (Å²) in [6.45, 7) is 3.38. The lowest BCUT2D eigenvalue weighted by Crippen LogP contribution is -2.50. The Balaban J connectivity index is 2.49. The van der Waals surface area contributed by atoms with E-state index < -0.39 is 5.60 Å². The Labute approximate surface area is 106 Å². The number of benzene rings is 1. The number of nitrogens with two attached hydrogens (primary N) is 1. The lowest BCUT2D eigenvalue weighted by Gasteiger charge is -2.37. The summed E-state index contributed by atoms with van der Waals surface area (Å²) in [4.78, 5) is 25.1. The summed E-state index contributed by atoms with van der Waals surface area (Å²) < 4.78 is 5.64. The molecule has 5 heteroatoms. The number of likely N-dealkylation sites (N-methyl/N-ethyl adjacent to an activating group) is 1. The average Bonchev–Trinajstić information content (AvgIpc) is 2.34. The molecule has 2 rings (SSSR count). The van der Waals surface area contributed by atoms with E-state index >= 15 is 0 Å². The molecule has 5 nitrogen and oxygen atoms in total. The minimum absolute atomic E-state index is 0.0528. The molecule has 1 aromatic carbocycles. The molecule has 0 bridgehead atoms. The van der Waals surface area contributed by atoms with Crippen molar-refractivity contribution in [3.63, 3.8) is 0 Å². The van der Waals surface area contributed by atoms with Crippen LogP contribution in [0.4, 0.5) is 5.69 Å². The molecule has 0 radical (unpaired) electrons. The number of carbonyl (C=O) groups is 2. The van der Waals surface area contributed by atoms with Crippen LogP contribution in [0.3, 0.4) is 0 Å². The molecule has 96 valence electrons. The van der Waals surface area contributed by atoms with Gasteiger partial charge in [-0.25, -0.2) is 0 Å². The first kappa shape index (κ1) is 12.6. The van der Waals surface area contributed by atoms with Gasteiger partial charge in [0.05, 0.1) is 12.2 Å². The van der Waals surface area contributed by atoms with Gasteiger partial charge in [0.25, 0.3) is 5.91 Å². The first-order valence-corrected chi connectivity index (χ1v) is 5.71. The monoisotopic (exact) mass is 248 g/mol. The Hall–Kier alpha value is -1.88. The first-order chi connectivity index (χ1) is 8.36. The van der Waals surface area contributed by atoms with Crippen LogP contribution in [0.25, 0.3) is 0 Å². The van der Waals surface area contributed by atoms with E-state index in [9.17, 15) is 9.59 Å². The van der Waals surface area contributed by atoms with E-state index in [2.05, 4.69) is 0 Å². The zero-order valence-corrected chi connectivity index (χ0v) is 10.7. The summed E-state index contributed by atoms with van der Waals surface area (Å²) >= 11 is 0. The largest absolute Gasteiger partial charge is 0.476 e. The summed E-state index contributed by atoms with van der Waals surface area (Å²) in [5.74, 6) is 0.284. The van der Waals surface area contributed by atoms with Crippen molar-refractivity contribution in [2.45, 2.75) is 19.4 Å². The van der Waals surface area contributed by atoms with Crippen molar-refractivity contribution >= 4 is 17.4 Å². The van der Waals surface area contributed by atoms with E-state index in [1.807, 2.05) is 0 Å². The third-order valence-electron chi connectivity index (χ3n) is 3.01. The SMILES string of the molecule is CN1C(=O)C(C)(C)Oc2ccc(C(=O)CN)cc21. The van der Waals surface area contributed by atoms with Gasteiger partial charge >= 0.3 is 0 Å². The summed E-state index contributed by atoms with van der Waals surface area (Å²) in [7, 11) is 1.67. The predicted octanol–water partition coefficient (Wildman–Crippen LogP) is 0.962. The van der Waals surface area contributed by atoms with Gasteiger partial charge in [-0.3, -0.25) is 9.59 Å². The molecule has 1 aliphatic rings. The Bertz CT molecular complexity index is 523. The van der Waals surface area contributed by atoms with Gasteiger partial charge < -0.3 is 15.4 Å². The number of rotatable bonds is 2. The molecular formula is C13H16N2O3. The highest BCUT2D eigenvalue weighted by Gasteiger charge is 2.39. The Kier molecular flexibility index (Phi) is 2.86. The lowest BCUT2D eigenvalue weighted by atomic mass is 10.0. The van der Waals surface area contributed by atoms with Crippen LogP contribution < -0.4 is 15.4 Å². The summed E-state index contributed by atoms with van der Waals surface area (Å²) in [5.41, 5.74) is 5.52. The number of Topliss-reactive ketones (excluding diaryl/α,β-unsaturated/α-hetero) is 1. The number of ketones is 1. The van der Waals surface area contributed by atoms with E-state index in [0.29, 0.717) is 17.0 Å². The van der Waals surface area contributed by atoms with Crippen molar-refractivity contribution < 1.29 is 14.3 Å². The van der Waals surface area contributed by atoms with Crippen LogP contribution >= 0.6 is 0 Å². The fourth-order valence-corrected chi connectivity index (χ4v) is 1.99. The van der Waals surface area contributed by atoms with Crippen molar-refractivity contribution in [3.05, 3.63) is 23.8 Å². The van der Waals surface area contributed by atoms with Gasteiger partial charge in [0.2, 0.25) is 0 Å². The number of anilines is 1. The molecular weight excluding hydrogens is 232 g/mol. The van der Waals surface area contributed by atoms with E-state index in [1.165, 1.54) is 4.90 Å². The summed E-state index contributed by atoms with van der Waals surface area (Å²) in [6.07, 6.45) is 0. The Morgan fingerprint density at radius 3 is 2.72 bits per heavy atom. The second kappa shape index (κ2) is 4.10. The van der Waals surface area contributed by atoms with E-state index in [0.717, 1.165) is 0 Å². The van der Waals surface area contributed by atoms with Crippen molar-refractivity contribution in [1.82, 2.24) is 0 Å². The quantitative estimate of drug-likeness (QED) is 0.791. The maximum absolute atomic E-state index is 12.1. The molecule has 1 amide bonds. The molecule has 0 aromatic heterocycles. The molecule has 0 fully saturated rings. The van der Waals surface area contributed by atoms with E-state index in [-0.39, 0.29) is 18.2 Å². The van der Waals surface area contributed by atoms with Crippen molar-refractivity contribution in [2.24, 2.45) is 5.73 Å². The third-order valence-corrected chi connectivity index (χ3v) is 3.01. The van der Waals surface area contributed by atoms with Gasteiger partial charge in [-0.1, -0.05) is 0 Å². The highest BCUT2D eigenvalue weighted by molar-refractivity contribution is 6.04. The van der Waals surface area contributed by atoms with Crippen LogP contribution in [0.15, 0.2) is 18.2 Å². The van der Waals surface area contributed by atoms with E-state index in [4.69, 9.17) is 10.5 Å². The number of hydrogen-bond donors (Lipinski definition) is 1. The van der Waals surface area contributed by atoms with Crippen molar-refractivity contribution in [3.8, 4) is 5.75 Å². The fourth-order valence-electron chi connectivity index (χ4n) is 1.99. The smallest absolute Gasteiger partial charge is 0.270 e. The minimum atomic E-state index is -0.888. The normalized spacial score (nSPS) is 17.1. The molecule has 18 heavy (non-hydrogen) atoms. The number of nitrogens with zero attached hydrogens (tertiary/aromatic N) is 1. The maximum atomic E-state index is 12.1. The second-order valence-electron chi connectivity index (χ2n) is 4.79. The molecule has 0 unspecified atom stereocenters. The molecule has 0 atom stereocenters. The van der Waals surface area contributed by atoms with Crippen LogP contribution in [0.5, 0.6) is 5.75 Å². The molecule has 0 aliphatic carbocycles. The van der Waals surface area contributed by atoms with Gasteiger partial charge in [0.1, 0.15) is 5.75 Å². The number of carbonyl (C=O) groups excluding carboxylic acids is 2.